The van der Waals surface area contributed by atoms with Crippen LogP contribution < -0.4 is 0 Å². The normalized spacial score (nSPS) is 8.45. The molecule has 0 heterocycles. The molecule has 0 bridgehead atoms. The molecule has 0 unspecified atom stereocenters. The van der Waals surface area contributed by atoms with Crippen LogP contribution in [0.5, 0.6) is 0 Å². The molecule has 0 aliphatic heterocycles. The molecule has 0 saturated carbocycles. The molecule has 0 aliphatic rings. The van der Waals surface area contributed by atoms with Gasteiger partial charge in [-0.25, -0.2) is 4.79 Å². The van der Waals surface area contributed by atoms with Crippen molar-refractivity contribution in [3.05, 3.63) is 12.7 Å². The average Bonchev–Trinajstić information content (AvgIpc) is 2.00. The lowest BCUT2D eigenvalue weighted by atomic mass is 10.6. The molecule has 0 aromatic rings. The second-order valence-electron chi connectivity index (χ2n) is 1.91. The fraction of sp³-hybridized carbons (Fsp3) is 0.429. The van der Waals surface area contributed by atoms with Crippen LogP contribution in [0, 0.1) is 0 Å². The van der Waals surface area contributed by atoms with Gasteiger partial charge in [0.15, 0.2) is 0 Å². The number of amides is 1. The van der Waals surface area contributed by atoms with Crippen molar-refractivity contribution in [1.82, 2.24) is 4.90 Å². The smallest absolute Gasteiger partial charge is 0.410 e. The molecule has 0 aromatic heterocycles. The number of hydrogen-bond donors (Lipinski definition) is 0. The standard InChI is InChI=1S/C7H11NO3/c1-3-6-11-7(10)8(2)4-5-9/h3,5H,1,4,6H2,2H3. The molecule has 0 aromatic carbocycles. The van der Waals surface area contributed by atoms with E-state index in [0.29, 0.717) is 6.29 Å². The van der Waals surface area contributed by atoms with Gasteiger partial charge >= 0.3 is 6.09 Å². The van der Waals surface area contributed by atoms with Gasteiger partial charge in [0, 0.05) is 7.05 Å². The van der Waals surface area contributed by atoms with Gasteiger partial charge in [-0.1, -0.05) is 12.7 Å². The molecule has 0 fully saturated rings. The Hall–Kier alpha value is -1.32. The summed E-state index contributed by atoms with van der Waals surface area (Å²) in [5.74, 6) is 0. The summed E-state index contributed by atoms with van der Waals surface area (Å²) in [4.78, 5) is 21.9. The molecular formula is C7H11NO3. The SMILES string of the molecule is C=CCOC(=O)N(C)CC=O. The van der Waals surface area contributed by atoms with Gasteiger partial charge in [0.1, 0.15) is 12.9 Å². The Balaban J connectivity index is 3.62. The van der Waals surface area contributed by atoms with Crippen molar-refractivity contribution >= 4 is 12.4 Å². The fourth-order valence-corrected chi connectivity index (χ4v) is 0.427. The topological polar surface area (TPSA) is 46.6 Å². The lowest BCUT2D eigenvalue weighted by Crippen LogP contribution is -2.29. The van der Waals surface area contributed by atoms with E-state index in [-0.39, 0.29) is 13.2 Å². The maximum Gasteiger partial charge on any atom is 0.410 e. The Bertz CT molecular complexity index is 156. The molecule has 1 amide bonds. The number of ether oxygens (including phenoxy) is 1. The van der Waals surface area contributed by atoms with E-state index in [1.54, 1.807) is 0 Å². The molecule has 0 radical (unpaired) electrons. The number of carbonyl (C=O) groups excluding carboxylic acids is 2. The van der Waals surface area contributed by atoms with E-state index >= 15 is 0 Å². The van der Waals surface area contributed by atoms with Crippen molar-refractivity contribution in [2.45, 2.75) is 0 Å². The van der Waals surface area contributed by atoms with Crippen LogP contribution in [-0.2, 0) is 9.53 Å². The highest BCUT2D eigenvalue weighted by atomic mass is 16.6. The van der Waals surface area contributed by atoms with Crippen LogP contribution in [0.4, 0.5) is 4.79 Å². The van der Waals surface area contributed by atoms with Gasteiger partial charge in [-0.15, -0.1) is 0 Å². The van der Waals surface area contributed by atoms with Crippen molar-refractivity contribution in [1.29, 1.82) is 0 Å². The van der Waals surface area contributed by atoms with Crippen LogP contribution in [0.2, 0.25) is 0 Å². The number of nitrogens with zero attached hydrogens (tertiary/aromatic N) is 1. The maximum atomic E-state index is 10.8. The molecule has 0 saturated heterocycles. The van der Waals surface area contributed by atoms with E-state index in [1.807, 2.05) is 0 Å². The highest BCUT2D eigenvalue weighted by Gasteiger charge is 2.06. The second-order valence-corrected chi connectivity index (χ2v) is 1.91. The van der Waals surface area contributed by atoms with Gasteiger partial charge in [-0.05, 0) is 0 Å². The molecule has 0 spiro atoms. The van der Waals surface area contributed by atoms with Gasteiger partial charge in [0.2, 0.25) is 0 Å². The third-order valence-corrected chi connectivity index (χ3v) is 0.985. The monoisotopic (exact) mass is 157 g/mol. The van der Waals surface area contributed by atoms with Crippen LogP contribution in [0.3, 0.4) is 0 Å². The van der Waals surface area contributed by atoms with Crippen molar-refractivity contribution in [2.75, 3.05) is 20.2 Å². The summed E-state index contributed by atoms with van der Waals surface area (Å²) in [6.45, 7) is 3.59. The molecule has 0 atom stereocenters. The third-order valence-electron chi connectivity index (χ3n) is 0.985. The molecule has 4 heteroatoms. The van der Waals surface area contributed by atoms with Crippen molar-refractivity contribution in [2.24, 2.45) is 0 Å². The number of carbonyl (C=O) groups is 2. The van der Waals surface area contributed by atoms with Crippen LogP contribution in [-0.4, -0.2) is 37.5 Å². The molecule has 62 valence electrons. The van der Waals surface area contributed by atoms with E-state index in [0.717, 1.165) is 0 Å². The highest BCUT2D eigenvalue weighted by molar-refractivity contribution is 5.70. The number of hydrogen-bond acceptors (Lipinski definition) is 3. The van der Waals surface area contributed by atoms with Crippen LogP contribution in [0.1, 0.15) is 0 Å². The lowest BCUT2D eigenvalue weighted by molar-refractivity contribution is -0.108. The van der Waals surface area contributed by atoms with Crippen molar-refractivity contribution in [3.8, 4) is 0 Å². The Kier molecular flexibility index (Phi) is 4.81. The van der Waals surface area contributed by atoms with Crippen molar-refractivity contribution in [3.63, 3.8) is 0 Å². The first-order valence-corrected chi connectivity index (χ1v) is 3.14. The predicted octanol–water partition coefficient (Wildman–Crippen LogP) is 0.440. The van der Waals surface area contributed by atoms with Gasteiger partial charge in [0.25, 0.3) is 0 Å². The fourth-order valence-electron chi connectivity index (χ4n) is 0.427. The van der Waals surface area contributed by atoms with Gasteiger partial charge in [-0.3, -0.25) is 0 Å². The molecule has 0 aliphatic carbocycles. The van der Waals surface area contributed by atoms with E-state index < -0.39 is 6.09 Å². The lowest BCUT2D eigenvalue weighted by Gasteiger charge is -2.12. The minimum Gasteiger partial charge on any atom is -0.445 e. The highest BCUT2D eigenvalue weighted by Crippen LogP contribution is 1.87. The first kappa shape index (κ1) is 9.68. The second kappa shape index (κ2) is 5.46. The van der Waals surface area contributed by atoms with Crippen LogP contribution in [0.15, 0.2) is 12.7 Å². The third kappa shape index (κ3) is 4.13. The minimum absolute atomic E-state index is 0.0516. The summed E-state index contributed by atoms with van der Waals surface area (Å²) in [7, 11) is 1.49. The first-order valence-electron chi connectivity index (χ1n) is 3.14. The molecule has 11 heavy (non-hydrogen) atoms. The zero-order valence-corrected chi connectivity index (χ0v) is 6.45. The van der Waals surface area contributed by atoms with E-state index in [1.165, 1.54) is 18.0 Å². The zero-order chi connectivity index (χ0) is 8.69. The van der Waals surface area contributed by atoms with Crippen molar-refractivity contribution < 1.29 is 14.3 Å². The molecular weight excluding hydrogens is 146 g/mol. The van der Waals surface area contributed by atoms with Gasteiger partial charge < -0.3 is 14.4 Å². The predicted molar refractivity (Wildman–Crippen MR) is 40.2 cm³/mol. The Labute approximate surface area is 65.4 Å². The number of rotatable bonds is 4. The largest absolute Gasteiger partial charge is 0.445 e. The number of aldehydes is 1. The summed E-state index contributed by atoms with van der Waals surface area (Å²) in [6, 6.07) is 0. The Morgan fingerprint density at radius 3 is 2.82 bits per heavy atom. The van der Waals surface area contributed by atoms with E-state index in [4.69, 9.17) is 0 Å². The quantitative estimate of drug-likeness (QED) is 0.439. The molecule has 0 N–H and O–H groups in total. The Morgan fingerprint density at radius 1 is 1.73 bits per heavy atom. The van der Waals surface area contributed by atoms with Gasteiger partial charge in [0.05, 0.1) is 6.54 Å². The van der Waals surface area contributed by atoms with Crippen LogP contribution >= 0.6 is 0 Å². The molecule has 4 nitrogen and oxygen atoms in total. The zero-order valence-electron chi connectivity index (χ0n) is 6.45. The van der Waals surface area contributed by atoms with Gasteiger partial charge in [-0.2, -0.15) is 0 Å². The minimum atomic E-state index is -0.517. The maximum absolute atomic E-state index is 10.8. The Morgan fingerprint density at radius 2 is 2.36 bits per heavy atom. The van der Waals surface area contributed by atoms with Crippen LogP contribution in [0.25, 0.3) is 0 Å². The summed E-state index contributed by atoms with van der Waals surface area (Å²) < 4.78 is 4.62. The first-order chi connectivity index (χ1) is 5.22. The summed E-state index contributed by atoms with van der Waals surface area (Å²) in [5.41, 5.74) is 0. The van der Waals surface area contributed by atoms with E-state index in [2.05, 4.69) is 11.3 Å². The summed E-state index contributed by atoms with van der Waals surface area (Å²) in [5, 5.41) is 0. The summed E-state index contributed by atoms with van der Waals surface area (Å²) in [6.07, 6.45) is 1.58. The van der Waals surface area contributed by atoms with E-state index in [9.17, 15) is 9.59 Å². The molecule has 0 rings (SSSR count). The number of likely N-dealkylation sites (N-methyl/N-ethyl adjacent to an activating group) is 1. The summed E-state index contributed by atoms with van der Waals surface area (Å²) >= 11 is 0. The average molecular weight is 157 g/mol.